The Bertz CT molecular complexity index is 1560. The number of nitrogens with zero attached hydrogens (tertiary/aromatic N) is 3. The van der Waals surface area contributed by atoms with E-state index in [9.17, 15) is 18.4 Å². The zero-order chi connectivity index (χ0) is 27.9. The lowest BCUT2D eigenvalue weighted by Crippen LogP contribution is -2.58. The van der Waals surface area contributed by atoms with Crippen LogP contribution in [0.25, 0.3) is 5.52 Å². The topological polar surface area (TPSA) is 121 Å². The van der Waals surface area contributed by atoms with Crippen molar-refractivity contribution in [3.05, 3.63) is 89.6 Å². The second kappa shape index (κ2) is 10.2. The van der Waals surface area contributed by atoms with Crippen molar-refractivity contribution in [3.63, 3.8) is 0 Å². The van der Waals surface area contributed by atoms with E-state index in [1.54, 1.807) is 30.5 Å². The fraction of sp³-hybridized carbons (Fsp3) is 0.310. The van der Waals surface area contributed by atoms with Crippen molar-refractivity contribution in [1.82, 2.24) is 19.7 Å². The number of ether oxygens (including phenoxy) is 2. The number of nitrogens with one attached hydrogen (secondary N) is 1. The quantitative estimate of drug-likeness (QED) is 0.319. The van der Waals surface area contributed by atoms with Gasteiger partial charge in [-0.3, -0.25) is 14.0 Å². The van der Waals surface area contributed by atoms with Crippen LogP contribution in [0.1, 0.15) is 64.3 Å². The first-order valence-electron chi connectivity index (χ1n) is 13.0. The number of carbonyl (C=O) groups excluding carboxylic acids is 2. The van der Waals surface area contributed by atoms with Crippen LogP contribution >= 0.6 is 0 Å². The average molecular weight is 548 g/mol. The minimum atomic E-state index is -2.87. The number of carbonyl (C=O) groups is 2. The molecule has 1 spiro atoms. The number of rotatable bonds is 9. The molecular formula is C29H27F2N5O4. The van der Waals surface area contributed by atoms with Crippen LogP contribution in [-0.4, -0.2) is 38.3 Å². The maximum atomic E-state index is 13.8. The molecule has 0 aliphatic heterocycles. The van der Waals surface area contributed by atoms with Crippen LogP contribution in [-0.2, 0) is 6.61 Å². The first kappa shape index (κ1) is 25.7. The van der Waals surface area contributed by atoms with Gasteiger partial charge in [0.15, 0.2) is 11.5 Å². The van der Waals surface area contributed by atoms with Crippen LogP contribution < -0.4 is 20.5 Å². The Hall–Kier alpha value is -4.54. The molecular weight excluding hydrogens is 520 g/mol. The van der Waals surface area contributed by atoms with E-state index in [4.69, 9.17) is 15.2 Å². The van der Waals surface area contributed by atoms with Gasteiger partial charge in [-0.2, -0.15) is 0 Å². The Kier molecular flexibility index (Phi) is 6.57. The zero-order valence-corrected chi connectivity index (χ0v) is 21.4. The summed E-state index contributed by atoms with van der Waals surface area (Å²) >= 11 is 0. The van der Waals surface area contributed by atoms with Crippen molar-refractivity contribution in [2.24, 2.45) is 11.1 Å². The molecule has 3 aromatic heterocycles. The first-order valence-corrected chi connectivity index (χ1v) is 13.0. The molecule has 0 atom stereocenters. The number of amides is 2. The van der Waals surface area contributed by atoms with Crippen LogP contribution in [0.4, 0.5) is 8.78 Å². The molecule has 3 heterocycles. The van der Waals surface area contributed by atoms with Crippen molar-refractivity contribution in [2.45, 2.75) is 50.9 Å². The number of benzene rings is 1. The Morgan fingerprint density at radius 3 is 2.58 bits per heavy atom. The van der Waals surface area contributed by atoms with E-state index in [1.165, 1.54) is 10.6 Å². The number of imidazole rings is 1. The lowest BCUT2D eigenvalue weighted by atomic mass is 9.53. The summed E-state index contributed by atoms with van der Waals surface area (Å²) in [7, 11) is 0. The number of nitrogens with two attached hydrogens (primary N) is 1. The third kappa shape index (κ3) is 4.94. The fourth-order valence-electron chi connectivity index (χ4n) is 5.73. The SMILES string of the molecule is NC(=O)c1cccnc1OC1CC2(CC(NC(=O)c3nc(C(F)F)n4cc(OCc5ccccc5)ccc34)C2)C1. The molecule has 6 rings (SSSR count). The maximum Gasteiger partial charge on any atom is 0.295 e. The molecule has 3 N–H and O–H groups in total. The molecule has 0 radical (unpaired) electrons. The van der Waals surface area contributed by atoms with Gasteiger partial charge < -0.3 is 20.5 Å². The van der Waals surface area contributed by atoms with Gasteiger partial charge in [-0.1, -0.05) is 30.3 Å². The van der Waals surface area contributed by atoms with Crippen molar-refractivity contribution in [1.29, 1.82) is 0 Å². The number of halogens is 2. The van der Waals surface area contributed by atoms with Crippen LogP contribution in [0.15, 0.2) is 67.0 Å². The van der Waals surface area contributed by atoms with Gasteiger partial charge in [0.2, 0.25) is 5.88 Å². The summed E-state index contributed by atoms with van der Waals surface area (Å²) in [6.07, 6.45) is 3.04. The molecule has 2 aliphatic rings. The van der Waals surface area contributed by atoms with E-state index in [0.717, 1.165) is 31.2 Å². The van der Waals surface area contributed by atoms with Gasteiger partial charge in [0.1, 0.15) is 24.0 Å². The minimum absolute atomic E-state index is 0.0413. The molecule has 2 amide bonds. The highest BCUT2D eigenvalue weighted by atomic mass is 19.3. The van der Waals surface area contributed by atoms with Crippen LogP contribution in [0.3, 0.4) is 0 Å². The third-order valence-corrected chi connectivity index (χ3v) is 7.63. The van der Waals surface area contributed by atoms with Crippen molar-refractivity contribution < 1.29 is 27.8 Å². The van der Waals surface area contributed by atoms with E-state index >= 15 is 0 Å². The highest BCUT2D eigenvalue weighted by Crippen LogP contribution is 2.56. The Labute approximate surface area is 228 Å². The second-order valence-electron chi connectivity index (χ2n) is 10.5. The standard InChI is InChI=1S/C29H27F2N5O4/c30-24(31)26-35-23(22-9-8-19(15-36(22)26)39-16-17-5-2-1-3-6-17)27(38)34-18-11-29(12-18)13-20(14-29)40-28-21(25(32)37)7-4-10-33-28/h1-10,15,18,20,24H,11-14,16H2,(H2,32,37)(H,34,38). The fourth-order valence-corrected chi connectivity index (χ4v) is 5.73. The van der Waals surface area contributed by atoms with Crippen LogP contribution in [0, 0.1) is 5.41 Å². The van der Waals surface area contributed by atoms with E-state index in [2.05, 4.69) is 15.3 Å². The summed E-state index contributed by atoms with van der Waals surface area (Å²) in [5.41, 5.74) is 6.86. The Morgan fingerprint density at radius 1 is 1.07 bits per heavy atom. The molecule has 2 aliphatic carbocycles. The average Bonchev–Trinajstić information content (AvgIpc) is 3.29. The van der Waals surface area contributed by atoms with Crippen molar-refractivity contribution in [3.8, 4) is 11.6 Å². The van der Waals surface area contributed by atoms with Gasteiger partial charge in [0.25, 0.3) is 18.2 Å². The van der Waals surface area contributed by atoms with E-state index in [0.29, 0.717) is 5.75 Å². The molecule has 0 bridgehead atoms. The molecule has 11 heteroatoms. The predicted molar refractivity (Wildman–Crippen MR) is 140 cm³/mol. The van der Waals surface area contributed by atoms with Gasteiger partial charge in [-0.25, -0.2) is 18.7 Å². The highest BCUT2D eigenvalue weighted by molar-refractivity contribution is 5.99. The monoisotopic (exact) mass is 547 g/mol. The Balaban J connectivity index is 1.07. The second-order valence-corrected chi connectivity index (χ2v) is 10.5. The molecule has 0 unspecified atom stereocenters. The predicted octanol–water partition coefficient (Wildman–Crippen LogP) is 4.46. The number of hydrogen-bond donors (Lipinski definition) is 2. The van der Waals surface area contributed by atoms with Gasteiger partial charge in [0, 0.05) is 12.2 Å². The van der Waals surface area contributed by atoms with Gasteiger partial charge in [0.05, 0.1) is 11.7 Å². The van der Waals surface area contributed by atoms with Gasteiger partial charge in [-0.05, 0) is 60.9 Å². The summed E-state index contributed by atoms with van der Waals surface area (Å²) in [5, 5.41) is 2.95. The molecule has 9 nitrogen and oxygen atoms in total. The smallest absolute Gasteiger partial charge is 0.295 e. The molecule has 206 valence electrons. The lowest BCUT2D eigenvalue weighted by Gasteiger charge is -2.57. The van der Waals surface area contributed by atoms with Crippen molar-refractivity contribution >= 4 is 17.3 Å². The first-order chi connectivity index (χ1) is 19.3. The summed E-state index contributed by atoms with van der Waals surface area (Å²) in [5.74, 6) is -0.984. The lowest BCUT2D eigenvalue weighted by molar-refractivity contribution is -0.0848. The molecule has 1 aromatic carbocycles. The van der Waals surface area contributed by atoms with E-state index in [-0.39, 0.29) is 46.8 Å². The third-order valence-electron chi connectivity index (χ3n) is 7.63. The maximum absolute atomic E-state index is 13.8. The number of fused-ring (bicyclic) bond motifs is 1. The Morgan fingerprint density at radius 2 is 1.85 bits per heavy atom. The molecule has 4 aromatic rings. The normalized spacial score (nSPS) is 21.6. The number of primary amides is 1. The summed E-state index contributed by atoms with van der Waals surface area (Å²) < 4.78 is 40.5. The summed E-state index contributed by atoms with van der Waals surface area (Å²) in [4.78, 5) is 32.8. The molecule has 2 saturated carbocycles. The number of aromatic nitrogens is 3. The van der Waals surface area contributed by atoms with Gasteiger partial charge >= 0.3 is 0 Å². The molecule has 0 saturated heterocycles. The summed E-state index contributed by atoms with van der Waals surface area (Å²) in [6, 6.07) is 15.8. The highest BCUT2D eigenvalue weighted by Gasteiger charge is 2.54. The number of hydrogen-bond acceptors (Lipinski definition) is 6. The molecule has 40 heavy (non-hydrogen) atoms. The van der Waals surface area contributed by atoms with Crippen molar-refractivity contribution in [2.75, 3.05) is 0 Å². The van der Waals surface area contributed by atoms with Crippen LogP contribution in [0.2, 0.25) is 0 Å². The summed E-state index contributed by atoms with van der Waals surface area (Å²) in [6.45, 7) is 0.280. The molecule has 2 fully saturated rings. The zero-order valence-electron chi connectivity index (χ0n) is 21.4. The van der Waals surface area contributed by atoms with E-state index in [1.807, 2.05) is 30.3 Å². The minimum Gasteiger partial charge on any atom is -0.487 e. The van der Waals surface area contributed by atoms with Gasteiger partial charge in [-0.15, -0.1) is 0 Å². The largest absolute Gasteiger partial charge is 0.487 e. The van der Waals surface area contributed by atoms with E-state index < -0.39 is 24.1 Å². The number of alkyl halides is 2. The van der Waals surface area contributed by atoms with Crippen LogP contribution in [0.5, 0.6) is 11.6 Å². The number of pyridine rings is 2.